The van der Waals surface area contributed by atoms with Gasteiger partial charge in [-0.25, -0.2) is 0 Å². The highest BCUT2D eigenvalue weighted by Crippen LogP contribution is 2.43. The van der Waals surface area contributed by atoms with E-state index in [0.29, 0.717) is 12.1 Å². The molecule has 0 N–H and O–H groups in total. The van der Waals surface area contributed by atoms with Gasteiger partial charge in [-0.3, -0.25) is 9.58 Å². The first-order chi connectivity index (χ1) is 11.1. The van der Waals surface area contributed by atoms with E-state index in [-0.39, 0.29) is 5.60 Å². The highest BCUT2D eigenvalue weighted by molar-refractivity contribution is 5.07. The zero-order chi connectivity index (χ0) is 16.4. The van der Waals surface area contributed by atoms with Gasteiger partial charge in [0.05, 0.1) is 17.4 Å². The molecular formula is C18H31N3O2. The summed E-state index contributed by atoms with van der Waals surface area (Å²) in [4.78, 5) is 2.63. The van der Waals surface area contributed by atoms with Gasteiger partial charge in [0.25, 0.3) is 0 Å². The molecule has 3 rings (SSSR count). The summed E-state index contributed by atoms with van der Waals surface area (Å²) in [7, 11) is 3.73. The summed E-state index contributed by atoms with van der Waals surface area (Å²) in [5, 5.41) is 4.56. The second kappa shape index (κ2) is 6.91. The van der Waals surface area contributed by atoms with Crippen LogP contribution in [0.3, 0.4) is 0 Å². The number of rotatable bonds is 6. The summed E-state index contributed by atoms with van der Waals surface area (Å²) in [6, 6.07) is 2.66. The van der Waals surface area contributed by atoms with Crippen molar-refractivity contribution in [3.8, 4) is 0 Å². The van der Waals surface area contributed by atoms with Crippen molar-refractivity contribution in [1.29, 1.82) is 0 Å². The van der Waals surface area contributed by atoms with E-state index in [9.17, 15) is 0 Å². The number of hydrogen-bond acceptors (Lipinski definition) is 4. The lowest BCUT2D eigenvalue weighted by molar-refractivity contribution is -0.0938. The summed E-state index contributed by atoms with van der Waals surface area (Å²) in [6.45, 7) is 7.45. The van der Waals surface area contributed by atoms with Gasteiger partial charge in [-0.2, -0.15) is 5.10 Å². The topological polar surface area (TPSA) is 39.5 Å². The summed E-state index contributed by atoms with van der Waals surface area (Å²) >= 11 is 0. The smallest absolute Gasteiger partial charge is 0.0847 e. The van der Waals surface area contributed by atoms with Crippen molar-refractivity contribution in [3.63, 3.8) is 0 Å². The van der Waals surface area contributed by atoms with Gasteiger partial charge in [0.15, 0.2) is 0 Å². The van der Waals surface area contributed by atoms with Crippen LogP contribution in [0.5, 0.6) is 0 Å². The van der Waals surface area contributed by atoms with Crippen molar-refractivity contribution in [2.45, 2.75) is 70.2 Å². The molecule has 130 valence electrons. The third kappa shape index (κ3) is 3.32. The first-order valence-corrected chi connectivity index (χ1v) is 8.91. The molecule has 5 heteroatoms. The molecule has 2 aliphatic rings. The lowest BCUT2D eigenvalue weighted by atomic mass is 9.79. The first kappa shape index (κ1) is 16.9. The van der Waals surface area contributed by atoms with Crippen molar-refractivity contribution < 1.29 is 9.47 Å². The molecule has 3 atom stereocenters. The van der Waals surface area contributed by atoms with Crippen LogP contribution in [0.2, 0.25) is 0 Å². The van der Waals surface area contributed by atoms with Crippen molar-refractivity contribution >= 4 is 0 Å². The Morgan fingerprint density at radius 3 is 2.74 bits per heavy atom. The lowest BCUT2D eigenvalue weighted by Gasteiger charge is -2.43. The number of methoxy groups -OCH3 is 2. The number of aryl methyl sites for hydroxylation is 3. The van der Waals surface area contributed by atoms with Gasteiger partial charge in [0, 0.05) is 45.6 Å². The Morgan fingerprint density at radius 1 is 1.26 bits per heavy atom. The average molecular weight is 321 g/mol. The maximum atomic E-state index is 6.00. The third-order valence-corrected chi connectivity index (χ3v) is 5.90. The Morgan fingerprint density at radius 2 is 2.09 bits per heavy atom. The van der Waals surface area contributed by atoms with Crippen LogP contribution in [-0.2, 0) is 16.0 Å². The molecular weight excluding hydrogens is 290 g/mol. The molecule has 1 aliphatic heterocycles. The average Bonchev–Trinajstić information content (AvgIpc) is 3.07. The predicted octanol–water partition coefficient (Wildman–Crippen LogP) is 2.55. The quantitative estimate of drug-likeness (QED) is 0.807. The molecule has 0 unspecified atom stereocenters. The normalized spacial score (nSPS) is 31.5. The van der Waals surface area contributed by atoms with E-state index < -0.39 is 0 Å². The zero-order valence-electron chi connectivity index (χ0n) is 15.0. The fraction of sp³-hybridized carbons (Fsp3) is 0.833. The maximum absolute atomic E-state index is 6.00. The molecule has 2 fully saturated rings. The van der Waals surface area contributed by atoms with Crippen LogP contribution >= 0.6 is 0 Å². The van der Waals surface area contributed by atoms with Gasteiger partial charge in [0.1, 0.15) is 0 Å². The second-order valence-electron chi connectivity index (χ2n) is 7.21. The number of likely N-dealkylation sites (tertiary alicyclic amines) is 1. The minimum absolute atomic E-state index is 0.0627. The molecule has 23 heavy (non-hydrogen) atoms. The van der Waals surface area contributed by atoms with Crippen molar-refractivity contribution in [2.75, 3.05) is 27.3 Å². The van der Waals surface area contributed by atoms with Gasteiger partial charge in [0.2, 0.25) is 0 Å². The molecule has 5 nitrogen and oxygen atoms in total. The number of hydrogen-bond donors (Lipinski definition) is 0. The Kier molecular flexibility index (Phi) is 5.09. The number of aromatic nitrogens is 2. The number of nitrogens with zero attached hydrogens (tertiary/aromatic N) is 3. The molecule has 1 saturated carbocycles. The van der Waals surface area contributed by atoms with Gasteiger partial charge >= 0.3 is 0 Å². The Hall–Kier alpha value is -0.910. The fourth-order valence-electron chi connectivity index (χ4n) is 4.56. The second-order valence-corrected chi connectivity index (χ2v) is 7.21. The molecule has 0 aromatic carbocycles. The van der Waals surface area contributed by atoms with E-state index in [1.165, 1.54) is 5.69 Å². The van der Waals surface area contributed by atoms with Crippen molar-refractivity contribution in [1.82, 2.24) is 14.7 Å². The number of fused-ring (bicyclic) bond motifs is 1. The molecule has 1 aliphatic carbocycles. The first-order valence-electron chi connectivity index (χ1n) is 8.91. The Labute approximate surface area is 139 Å². The maximum Gasteiger partial charge on any atom is 0.0847 e. The molecule has 0 radical (unpaired) electrons. The van der Waals surface area contributed by atoms with Crippen LogP contribution in [0.1, 0.15) is 43.5 Å². The fourth-order valence-corrected chi connectivity index (χ4v) is 4.56. The monoisotopic (exact) mass is 321 g/mol. The Balaban J connectivity index is 1.58. The van der Waals surface area contributed by atoms with Crippen LogP contribution in [0.25, 0.3) is 0 Å². The summed E-state index contributed by atoms with van der Waals surface area (Å²) in [5.41, 5.74) is 2.43. The molecule has 1 aromatic heterocycles. The molecule has 0 amide bonds. The molecule has 1 saturated heterocycles. The highest BCUT2D eigenvalue weighted by Gasteiger charge is 2.50. The Bertz CT molecular complexity index is 530. The van der Waals surface area contributed by atoms with Gasteiger partial charge in [-0.05, 0) is 52.0 Å². The molecule has 0 spiro atoms. The molecule has 0 bridgehead atoms. The third-order valence-electron chi connectivity index (χ3n) is 5.90. The van der Waals surface area contributed by atoms with Crippen molar-refractivity contribution in [2.24, 2.45) is 0 Å². The summed E-state index contributed by atoms with van der Waals surface area (Å²) < 4.78 is 13.8. The van der Waals surface area contributed by atoms with E-state index in [1.54, 1.807) is 0 Å². The largest absolute Gasteiger partial charge is 0.381 e. The van der Waals surface area contributed by atoms with Crippen LogP contribution in [0, 0.1) is 13.8 Å². The SMILES string of the molecule is CO[C@H]1CC[C@@]2(OC)CCN(CCCn3nc(C)cc3C)[C@H]2C1. The molecule has 2 heterocycles. The van der Waals surface area contributed by atoms with Gasteiger partial charge in [-0.1, -0.05) is 0 Å². The van der Waals surface area contributed by atoms with E-state index in [1.807, 2.05) is 14.2 Å². The van der Waals surface area contributed by atoms with Crippen LogP contribution in [0.15, 0.2) is 6.07 Å². The van der Waals surface area contributed by atoms with E-state index in [0.717, 1.165) is 57.4 Å². The van der Waals surface area contributed by atoms with Crippen LogP contribution in [0.4, 0.5) is 0 Å². The van der Waals surface area contributed by atoms with Crippen molar-refractivity contribution in [3.05, 3.63) is 17.5 Å². The highest BCUT2D eigenvalue weighted by atomic mass is 16.5. The van der Waals surface area contributed by atoms with Crippen LogP contribution in [-0.4, -0.2) is 59.7 Å². The standard InChI is InChI=1S/C18H31N3O2/c1-14-12-15(2)21(19-14)10-5-9-20-11-8-18(23-4)7-6-16(22-3)13-17(18)20/h12,16-17H,5-11,13H2,1-4H3/t16-,17-,18+/m0/s1. The minimum atomic E-state index is 0.0627. The predicted molar refractivity (Wildman–Crippen MR) is 90.7 cm³/mol. The number of ether oxygens (including phenoxy) is 2. The summed E-state index contributed by atoms with van der Waals surface area (Å²) in [6.07, 6.45) is 6.03. The van der Waals surface area contributed by atoms with E-state index in [2.05, 4.69) is 34.6 Å². The zero-order valence-corrected chi connectivity index (χ0v) is 15.0. The van der Waals surface area contributed by atoms with E-state index in [4.69, 9.17) is 9.47 Å². The van der Waals surface area contributed by atoms with Gasteiger partial charge in [-0.15, -0.1) is 0 Å². The summed E-state index contributed by atoms with van der Waals surface area (Å²) in [5.74, 6) is 0. The molecule has 1 aromatic rings. The van der Waals surface area contributed by atoms with E-state index >= 15 is 0 Å². The van der Waals surface area contributed by atoms with Gasteiger partial charge < -0.3 is 9.47 Å². The van der Waals surface area contributed by atoms with Crippen LogP contribution < -0.4 is 0 Å². The lowest BCUT2D eigenvalue weighted by Crippen LogP contribution is -2.51. The minimum Gasteiger partial charge on any atom is -0.381 e.